The molecule has 2 amide bonds. The second-order valence-corrected chi connectivity index (χ2v) is 6.45. The molecule has 6 heteroatoms. The minimum Gasteiger partial charge on any atom is -0.368 e. The van der Waals surface area contributed by atoms with Gasteiger partial charge in [0.15, 0.2) is 0 Å². The van der Waals surface area contributed by atoms with Crippen molar-refractivity contribution in [2.24, 2.45) is 5.73 Å². The molecule has 0 unspecified atom stereocenters. The molecule has 1 heterocycles. The second-order valence-electron chi connectivity index (χ2n) is 5.37. The highest BCUT2D eigenvalue weighted by molar-refractivity contribution is 7.20. The number of carbonyl (C=O) groups is 2. The maximum atomic E-state index is 13.7. The van der Waals surface area contributed by atoms with Crippen LogP contribution in [0.2, 0.25) is 0 Å². The lowest BCUT2D eigenvalue weighted by Gasteiger charge is -2.26. The molecule has 1 aromatic heterocycles. The highest BCUT2D eigenvalue weighted by Crippen LogP contribution is 2.32. The van der Waals surface area contributed by atoms with Crippen molar-refractivity contribution in [2.45, 2.75) is 31.2 Å². The Morgan fingerprint density at radius 3 is 2.62 bits per heavy atom. The van der Waals surface area contributed by atoms with Gasteiger partial charge in [0.25, 0.3) is 5.91 Å². The van der Waals surface area contributed by atoms with Gasteiger partial charge < -0.3 is 11.1 Å². The number of carbonyl (C=O) groups excluding carboxylic acids is 2. The van der Waals surface area contributed by atoms with E-state index in [9.17, 15) is 14.0 Å². The van der Waals surface area contributed by atoms with E-state index in [-0.39, 0.29) is 11.7 Å². The van der Waals surface area contributed by atoms with Crippen molar-refractivity contribution in [1.29, 1.82) is 0 Å². The van der Waals surface area contributed by atoms with E-state index in [0.717, 1.165) is 12.8 Å². The summed E-state index contributed by atoms with van der Waals surface area (Å²) >= 11 is 1.21. The lowest BCUT2D eigenvalue weighted by molar-refractivity contribution is -0.123. The average Bonchev–Trinajstić information content (AvgIpc) is 3.06. The minimum atomic E-state index is -0.953. The Labute approximate surface area is 125 Å². The smallest absolute Gasteiger partial charge is 0.262 e. The van der Waals surface area contributed by atoms with Crippen LogP contribution in [0.25, 0.3) is 10.1 Å². The zero-order chi connectivity index (χ0) is 15.0. The fourth-order valence-electron chi connectivity index (χ4n) is 2.83. The number of halogens is 1. The zero-order valence-corrected chi connectivity index (χ0v) is 12.1. The molecule has 21 heavy (non-hydrogen) atoms. The molecule has 3 N–H and O–H groups in total. The predicted octanol–water partition coefficient (Wildman–Crippen LogP) is 2.57. The van der Waals surface area contributed by atoms with Gasteiger partial charge in [-0.2, -0.15) is 0 Å². The second kappa shape index (κ2) is 5.11. The van der Waals surface area contributed by atoms with Crippen molar-refractivity contribution in [3.8, 4) is 0 Å². The van der Waals surface area contributed by atoms with Crippen LogP contribution < -0.4 is 11.1 Å². The summed E-state index contributed by atoms with van der Waals surface area (Å²) < 4.78 is 14.4. The predicted molar refractivity (Wildman–Crippen MR) is 79.6 cm³/mol. The molecule has 3 rings (SSSR count). The van der Waals surface area contributed by atoms with Gasteiger partial charge in [-0.15, -0.1) is 11.3 Å². The maximum Gasteiger partial charge on any atom is 0.262 e. The number of hydrogen-bond donors (Lipinski definition) is 2. The lowest BCUT2D eigenvalue weighted by Crippen LogP contribution is -2.55. The van der Waals surface area contributed by atoms with Crippen LogP contribution in [0.4, 0.5) is 4.39 Å². The first-order chi connectivity index (χ1) is 10.0. The summed E-state index contributed by atoms with van der Waals surface area (Å²) in [5.41, 5.74) is 4.50. The molecule has 1 saturated carbocycles. The molecule has 0 aliphatic heterocycles. The summed E-state index contributed by atoms with van der Waals surface area (Å²) in [6, 6.07) is 6.25. The van der Waals surface area contributed by atoms with Crippen LogP contribution >= 0.6 is 11.3 Å². The Hall–Kier alpha value is -1.95. The molecule has 0 atom stereocenters. The fraction of sp³-hybridized carbons (Fsp3) is 0.333. The third-order valence-corrected chi connectivity index (χ3v) is 5.11. The van der Waals surface area contributed by atoms with E-state index in [1.54, 1.807) is 12.1 Å². The number of nitrogens with two attached hydrogens (primary N) is 1. The summed E-state index contributed by atoms with van der Waals surface area (Å²) in [6.07, 6.45) is 2.86. The van der Waals surface area contributed by atoms with Gasteiger partial charge in [0.1, 0.15) is 11.4 Å². The van der Waals surface area contributed by atoms with Gasteiger partial charge in [0, 0.05) is 10.1 Å². The van der Waals surface area contributed by atoms with Gasteiger partial charge in [-0.1, -0.05) is 18.9 Å². The quantitative estimate of drug-likeness (QED) is 0.914. The molecule has 1 aromatic carbocycles. The van der Waals surface area contributed by atoms with Crippen LogP contribution in [0.3, 0.4) is 0 Å². The normalized spacial score (nSPS) is 17.0. The summed E-state index contributed by atoms with van der Waals surface area (Å²) in [5.74, 6) is -1.22. The first-order valence-electron chi connectivity index (χ1n) is 6.82. The highest BCUT2D eigenvalue weighted by atomic mass is 32.1. The third-order valence-electron chi connectivity index (χ3n) is 4.01. The van der Waals surface area contributed by atoms with E-state index >= 15 is 0 Å². The van der Waals surface area contributed by atoms with Crippen molar-refractivity contribution in [1.82, 2.24) is 5.32 Å². The number of nitrogens with one attached hydrogen (secondary N) is 1. The van der Waals surface area contributed by atoms with E-state index in [4.69, 9.17) is 5.73 Å². The standard InChI is InChI=1S/C15H15FN2O2S/c16-10-4-3-5-11-9(10)8-12(21-11)13(19)18-15(14(17)20)6-1-2-7-15/h3-5,8H,1-2,6-7H2,(H2,17,20)(H,18,19). The Morgan fingerprint density at radius 2 is 2.00 bits per heavy atom. The van der Waals surface area contributed by atoms with E-state index in [2.05, 4.69) is 5.32 Å². The van der Waals surface area contributed by atoms with Crippen LogP contribution in [0, 0.1) is 5.82 Å². The van der Waals surface area contributed by atoms with Crippen LogP contribution in [0.5, 0.6) is 0 Å². The molecule has 2 aromatic rings. The van der Waals surface area contributed by atoms with Crippen molar-refractivity contribution in [3.05, 3.63) is 35.0 Å². The highest BCUT2D eigenvalue weighted by Gasteiger charge is 2.41. The van der Waals surface area contributed by atoms with E-state index in [1.165, 1.54) is 23.5 Å². The molecule has 0 radical (unpaired) electrons. The topological polar surface area (TPSA) is 72.2 Å². The van der Waals surface area contributed by atoms with Crippen molar-refractivity contribution < 1.29 is 14.0 Å². The Balaban J connectivity index is 1.90. The lowest BCUT2D eigenvalue weighted by atomic mass is 9.96. The van der Waals surface area contributed by atoms with Crippen LogP contribution in [0.1, 0.15) is 35.4 Å². The molecule has 110 valence electrons. The van der Waals surface area contributed by atoms with E-state index in [1.807, 2.05) is 0 Å². The number of hydrogen-bond acceptors (Lipinski definition) is 3. The zero-order valence-electron chi connectivity index (χ0n) is 11.3. The summed E-state index contributed by atoms with van der Waals surface area (Å²) in [6.45, 7) is 0. The Bertz CT molecular complexity index is 720. The molecule has 1 fully saturated rings. The van der Waals surface area contributed by atoms with Gasteiger partial charge in [-0.05, 0) is 31.0 Å². The van der Waals surface area contributed by atoms with Gasteiger partial charge in [0.05, 0.1) is 4.88 Å². The maximum absolute atomic E-state index is 13.7. The van der Waals surface area contributed by atoms with E-state index in [0.29, 0.717) is 27.8 Å². The minimum absolute atomic E-state index is 0.353. The number of benzene rings is 1. The molecule has 1 aliphatic carbocycles. The van der Waals surface area contributed by atoms with Crippen molar-refractivity contribution >= 4 is 33.2 Å². The largest absolute Gasteiger partial charge is 0.368 e. The number of fused-ring (bicyclic) bond motifs is 1. The molecule has 1 aliphatic rings. The molecule has 0 bridgehead atoms. The van der Waals surface area contributed by atoms with Crippen LogP contribution in [-0.2, 0) is 4.79 Å². The van der Waals surface area contributed by atoms with Crippen molar-refractivity contribution in [3.63, 3.8) is 0 Å². The van der Waals surface area contributed by atoms with Crippen LogP contribution in [0.15, 0.2) is 24.3 Å². The number of thiophene rings is 1. The van der Waals surface area contributed by atoms with Gasteiger partial charge in [-0.3, -0.25) is 9.59 Å². The monoisotopic (exact) mass is 306 g/mol. The summed E-state index contributed by atoms with van der Waals surface area (Å²) in [5, 5.41) is 3.19. The third kappa shape index (κ3) is 2.40. The number of rotatable bonds is 3. The van der Waals surface area contributed by atoms with E-state index < -0.39 is 11.4 Å². The molecule has 0 spiro atoms. The average molecular weight is 306 g/mol. The Kier molecular flexibility index (Phi) is 3.41. The van der Waals surface area contributed by atoms with Gasteiger partial charge >= 0.3 is 0 Å². The summed E-state index contributed by atoms with van der Waals surface area (Å²) in [4.78, 5) is 24.4. The molecular weight excluding hydrogens is 291 g/mol. The molecule has 0 saturated heterocycles. The summed E-state index contributed by atoms with van der Waals surface area (Å²) in [7, 11) is 0. The van der Waals surface area contributed by atoms with Crippen LogP contribution in [-0.4, -0.2) is 17.4 Å². The fourth-order valence-corrected chi connectivity index (χ4v) is 3.80. The number of primary amides is 1. The van der Waals surface area contributed by atoms with Gasteiger partial charge in [0.2, 0.25) is 5.91 Å². The SMILES string of the molecule is NC(=O)C1(NC(=O)c2cc3c(F)cccc3s2)CCCC1. The Morgan fingerprint density at radius 1 is 1.29 bits per heavy atom. The first-order valence-corrected chi connectivity index (χ1v) is 7.64. The van der Waals surface area contributed by atoms with Gasteiger partial charge in [-0.25, -0.2) is 4.39 Å². The molecular formula is C15H15FN2O2S. The number of amides is 2. The van der Waals surface area contributed by atoms with Crippen molar-refractivity contribution in [2.75, 3.05) is 0 Å². The first kappa shape index (κ1) is 14.0. The molecule has 4 nitrogen and oxygen atoms in total.